The van der Waals surface area contributed by atoms with Crippen LogP contribution in [0.4, 0.5) is 0 Å². The minimum Gasteiger partial charge on any atom is -0.435 e. The van der Waals surface area contributed by atoms with E-state index in [0.29, 0.717) is 17.8 Å². The molecule has 0 radical (unpaired) electrons. The van der Waals surface area contributed by atoms with Gasteiger partial charge in [0.1, 0.15) is 0 Å². The maximum atomic E-state index is 12.0. The van der Waals surface area contributed by atoms with E-state index in [9.17, 15) is 9.90 Å². The van der Waals surface area contributed by atoms with Crippen molar-refractivity contribution in [3.63, 3.8) is 0 Å². The lowest BCUT2D eigenvalue weighted by Gasteiger charge is -2.39. The van der Waals surface area contributed by atoms with Gasteiger partial charge < -0.3 is 9.84 Å². The molecule has 0 heterocycles. The molecule has 0 aliphatic heterocycles. The first-order valence-electron chi connectivity index (χ1n) is 6.57. The second-order valence-corrected chi connectivity index (χ2v) is 6.20. The smallest absolute Gasteiger partial charge is 0.314 e. The molecule has 3 fully saturated rings. The highest BCUT2D eigenvalue weighted by Gasteiger charge is 2.65. The van der Waals surface area contributed by atoms with Gasteiger partial charge in [0.15, 0.2) is 0 Å². The number of hydrogen-bond donors (Lipinski definition) is 1. The quantitative estimate of drug-likeness (QED) is 0.590. The summed E-state index contributed by atoms with van der Waals surface area (Å²) in [6.07, 6.45) is 5.07. The van der Waals surface area contributed by atoms with Crippen LogP contribution >= 0.6 is 0 Å². The molecule has 3 aliphatic carbocycles. The zero-order chi connectivity index (χ0) is 12.2. The second kappa shape index (κ2) is 3.58. The van der Waals surface area contributed by atoms with Gasteiger partial charge in [-0.1, -0.05) is 13.5 Å². The van der Waals surface area contributed by atoms with Gasteiger partial charge in [-0.3, -0.25) is 4.79 Å². The van der Waals surface area contributed by atoms with Crippen molar-refractivity contribution in [2.75, 3.05) is 0 Å². The number of esters is 1. The molecule has 3 aliphatic rings. The predicted molar refractivity (Wildman–Crippen MR) is 62.8 cm³/mol. The van der Waals surface area contributed by atoms with Gasteiger partial charge in [-0.15, -0.1) is 0 Å². The molecule has 0 saturated heterocycles. The maximum Gasteiger partial charge on any atom is 0.314 e. The molecule has 3 heteroatoms. The minimum absolute atomic E-state index is 0.0421. The van der Waals surface area contributed by atoms with Gasteiger partial charge in [0.25, 0.3) is 0 Å². The summed E-state index contributed by atoms with van der Waals surface area (Å²) >= 11 is 0. The van der Waals surface area contributed by atoms with Crippen molar-refractivity contribution in [2.24, 2.45) is 29.1 Å². The summed E-state index contributed by atoms with van der Waals surface area (Å²) in [4.78, 5) is 12.0. The van der Waals surface area contributed by atoms with Gasteiger partial charge in [0.2, 0.25) is 0 Å². The number of aliphatic hydroxyl groups excluding tert-OH is 1. The third kappa shape index (κ3) is 1.35. The van der Waals surface area contributed by atoms with E-state index in [0.717, 1.165) is 25.7 Å². The Kier molecular flexibility index (Phi) is 2.37. The Morgan fingerprint density at radius 2 is 2.29 bits per heavy atom. The standard InChI is InChI=1S/C14H20O3/c1-3-17-13(16)10-6-8-7-14(10,2)12-9(8)4-5-11(12)15/h3,8-12,15H,1,4-7H2,2H3. The molecule has 0 aromatic carbocycles. The highest BCUT2D eigenvalue weighted by Crippen LogP contribution is 2.67. The van der Waals surface area contributed by atoms with Crippen molar-refractivity contribution in [1.82, 2.24) is 0 Å². The van der Waals surface area contributed by atoms with Gasteiger partial charge in [0, 0.05) is 0 Å². The molecule has 3 nitrogen and oxygen atoms in total. The van der Waals surface area contributed by atoms with Crippen molar-refractivity contribution in [3.8, 4) is 0 Å². The summed E-state index contributed by atoms with van der Waals surface area (Å²) in [5.41, 5.74) is -0.0503. The van der Waals surface area contributed by atoms with E-state index in [-0.39, 0.29) is 23.4 Å². The van der Waals surface area contributed by atoms with Gasteiger partial charge in [0.05, 0.1) is 18.3 Å². The van der Waals surface area contributed by atoms with E-state index in [4.69, 9.17) is 4.74 Å². The maximum absolute atomic E-state index is 12.0. The Hall–Kier alpha value is -0.830. The molecule has 17 heavy (non-hydrogen) atoms. The molecule has 94 valence electrons. The van der Waals surface area contributed by atoms with Crippen LogP contribution in [0.1, 0.15) is 32.6 Å². The van der Waals surface area contributed by atoms with E-state index < -0.39 is 0 Å². The molecule has 3 saturated carbocycles. The van der Waals surface area contributed by atoms with E-state index in [1.807, 2.05) is 0 Å². The van der Waals surface area contributed by atoms with E-state index in [2.05, 4.69) is 13.5 Å². The summed E-state index contributed by atoms with van der Waals surface area (Å²) in [5.74, 6) is 1.37. The Balaban J connectivity index is 1.88. The van der Waals surface area contributed by atoms with Gasteiger partial charge in [-0.2, -0.15) is 0 Å². The van der Waals surface area contributed by atoms with Crippen LogP contribution in [0.3, 0.4) is 0 Å². The number of ether oxygens (including phenoxy) is 1. The summed E-state index contributed by atoms with van der Waals surface area (Å²) < 4.78 is 4.97. The van der Waals surface area contributed by atoms with Crippen molar-refractivity contribution in [2.45, 2.75) is 38.7 Å². The Morgan fingerprint density at radius 1 is 1.53 bits per heavy atom. The fraction of sp³-hybridized carbons (Fsp3) is 0.786. The van der Waals surface area contributed by atoms with Crippen LogP contribution in [0.2, 0.25) is 0 Å². The molecule has 3 rings (SSSR count). The largest absolute Gasteiger partial charge is 0.435 e. The highest BCUT2D eigenvalue weighted by atomic mass is 16.5. The third-order valence-corrected chi connectivity index (χ3v) is 5.56. The number of rotatable bonds is 2. The normalized spacial score (nSPS) is 51.3. The molecule has 6 unspecified atom stereocenters. The summed E-state index contributed by atoms with van der Waals surface area (Å²) in [6.45, 7) is 5.61. The topological polar surface area (TPSA) is 46.5 Å². The average molecular weight is 236 g/mol. The van der Waals surface area contributed by atoms with Gasteiger partial charge in [-0.05, 0) is 48.9 Å². The zero-order valence-electron chi connectivity index (χ0n) is 10.3. The number of aliphatic hydroxyl groups is 1. The SMILES string of the molecule is C=COC(=O)C1CC2CC1(C)C1C(O)CCC21. The lowest BCUT2D eigenvalue weighted by Crippen LogP contribution is -2.42. The molecular weight excluding hydrogens is 216 g/mol. The molecule has 0 amide bonds. The van der Waals surface area contributed by atoms with Crippen molar-refractivity contribution in [1.29, 1.82) is 0 Å². The van der Waals surface area contributed by atoms with Crippen LogP contribution < -0.4 is 0 Å². The van der Waals surface area contributed by atoms with Crippen molar-refractivity contribution < 1.29 is 14.6 Å². The predicted octanol–water partition coefficient (Wildman–Crippen LogP) is 2.11. The first-order valence-corrected chi connectivity index (χ1v) is 6.57. The van der Waals surface area contributed by atoms with E-state index in [1.165, 1.54) is 6.26 Å². The van der Waals surface area contributed by atoms with Gasteiger partial charge >= 0.3 is 5.97 Å². The second-order valence-electron chi connectivity index (χ2n) is 6.20. The van der Waals surface area contributed by atoms with E-state index in [1.54, 1.807) is 0 Å². The number of carbonyl (C=O) groups excluding carboxylic acids is 1. The van der Waals surface area contributed by atoms with E-state index >= 15 is 0 Å². The molecule has 0 spiro atoms. The Labute approximate surface area is 102 Å². The average Bonchev–Trinajstić information content (AvgIpc) is 2.88. The first-order chi connectivity index (χ1) is 8.08. The van der Waals surface area contributed by atoms with Crippen LogP contribution in [0.25, 0.3) is 0 Å². The first kappa shape index (κ1) is 11.3. The number of carbonyl (C=O) groups is 1. The highest BCUT2D eigenvalue weighted by molar-refractivity contribution is 5.75. The van der Waals surface area contributed by atoms with Crippen LogP contribution in [0.15, 0.2) is 12.8 Å². The van der Waals surface area contributed by atoms with Gasteiger partial charge in [-0.25, -0.2) is 0 Å². The summed E-state index contributed by atoms with van der Waals surface area (Å²) in [5, 5.41) is 10.1. The van der Waals surface area contributed by atoms with Crippen molar-refractivity contribution >= 4 is 5.97 Å². The number of fused-ring (bicyclic) bond motifs is 5. The lowest BCUT2D eigenvalue weighted by molar-refractivity contribution is -0.150. The Bertz CT molecular complexity index is 364. The fourth-order valence-electron chi connectivity index (χ4n) is 5.05. The Morgan fingerprint density at radius 3 is 3.00 bits per heavy atom. The van der Waals surface area contributed by atoms with Crippen LogP contribution in [0, 0.1) is 29.1 Å². The van der Waals surface area contributed by atoms with Crippen LogP contribution in [0.5, 0.6) is 0 Å². The van der Waals surface area contributed by atoms with Crippen LogP contribution in [-0.4, -0.2) is 17.2 Å². The molecular formula is C14H20O3. The molecule has 0 aromatic rings. The lowest BCUT2D eigenvalue weighted by atomic mass is 9.66. The molecule has 2 bridgehead atoms. The summed E-state index contributed by atoms with van der Waals surface area (Å²) in [7, 11) is 0. The molecule has 0 aromatic heterocycles. The summed E-state index contributed by atoms with van der Waals surface area (Å²) in [6, 6.07) is 0. The fourth-order valence-corrected chi connectivity index (χ4v) is 5.05. The monoisotopic (exact) mass is 236 g/mol. The molecule has 6 atom stereocenters. The molecule has 1 N–H and O–H groups in total. The third-order valence-electron chi connectivity index (χ3n) is 5.56. The van der Waals surface area contributed by atoms with Crippen molar-refractivity contribution in [3.05, 3.63) is 12.8 Å². The zero-order valence-corrected chi connectivity index (χ0v) is 10.3. The minimum atomic E-state index is -0.214. The van der Waals surface area contributed by atoms with Crippen LogP contribution in [-0.2, 0) is 9.53 Å². The number of hydrogen-bond acceptors (Lipinski definition) is 3.